The van der Waals surface area contributed by atoms with E-state index in [4.69, 9.17) is 9.47 Å². The molecule has 0 atom stereocenters. The second-order valence-electron chi connectivity index (χ2n) is 4.59. The van der Waals surface area contributed by atoms with Gasteiger partial charge in [0.05, 0.1) is 16.7 Å². The van der Waals surface area contributed by atoms with Crippen LogP contribution in [0.1, 0.15) is 11.5 Å². The van der Waals surface area contributed by atoms with E-state index in [1.165, 1.54) is 0 Å². The van der Waals surface area contributed by atoms with E-state index in [1.807, 2.05) is 30.4 Å². The highest BCUT2D eigenvalue weighted by Crippen LogP contribution is 2.34. The fourth-order valence-corrected chi connectivity index (χ4v) is 2.45. The van der Waals surface area contributed by atoms with Gasteiger partial charge in [-0.25, -0.2) is 4.98 Å². The van der Waals surface area contributed by atoms with E-state index in [9.17, 15) is 0 Å². The second kappa shape index (κ2) is 3.57. The van der Waals surface area contributed by atoms with Gasteiger partial charge in [-0.2, -0.15) is 0 Å². The van der Waals surface area contributed by atoms with Crippen molar-refractivity contribution < 1.29 is 9.47 Å². The number of fused-ring (bicyclic) bond motifs is 4. The molecule has 3 heterocycles. The van der Waals surface area contributed by atoms with Crippen LogP contribution in [0, 0.1) is 13.8 Å². The number of hydrogen-bond donors (Lipinski definition) is 0. The lowest BCUT2D eigenvalue weighted by molar-refractivity contribution is 0.172. The van der Waals surface area contributed by atoms with Crippen LogP contribution in [0.15, 0.2) is 12.1 Å². The lowest BCUT2D eigenvalue weighted by atomic mass is 10.2. The first kappa shape index (κ1) is 10.5. The molecule has 96 valence electrons. The first-order valence-electron chi connectivity index (χ1n) is 6.16. The lowest BCUT2D eigenvalue weighted by Gasteiger charge is -2.19. The molecule has 2 aromatic heterocycles. The molecule has 1 aliphatic heterocycles. The smallest absolute Gasteiger partial charge is 0.182 e. The normalized spacial score (nSPS) is 14.2. The van der Waals surface area contributed by atoms with Gasteiger partial charge in [-0.15, -0.1) is 10.2 Å². The molecule has 3 aromatic rings. The van der Waals surface area contributed by atoms with Crippen LogP contribution in [0.25, 0.3) is 16.7 Å². The second-order valence-corrected chi connectivity index (χ2v) is 4.59. The minimum Gasteiger partial charge on any atom is -0.486 e. The molecule has 0 amide bonds. The molecule has 0 radical (unpaired) electrons. The van der Waals surface area contributed by atoms with Crippen LogP contribution < -0.4 is 9.47 Å². The summed E-state index contributed by atoms with van der Waals surface area (Å²) in [6, 6.07) is 3.86. The number of aromatic nitrogens is 4. The van der Waals surface area contributed by atoms with Gasteiger partial charge in [-0.1, -0.05) is 0 Å². The quantitative estimate of drug-likeness (QED) is 0.612. The van der Waals surface area contributed by atoms with Crippen LogP contribution >= 0.6 is 0 Å². The van der Waals surface area contributed by atoms with E-state index in [1.54, 1.807) is 0 Å². The molecule has 4 rings (SSSR count). The van der Waals surface area contributed by atoms with Crippen LogP contribution in [0.5, 0.6) is 11.5 Å². The van der Waals surface area contributed by atoms with Gasteiger partial charge in [0.25, 0.3) is 0 Å². The third-order valence-electron chi connectivity index (χ3n) is 3.32. The van der Waals surface area contributed by atoms with E-state index >= 15 is 0 Å². The molecule has 0 unspecified atom stereocenters. The van der Waals surface area contributed by atoms with Crippen molar-refractivity contribution in [3.8, 4) is 11.5 Å². The predicted octanol–water partition coefficient (Wildman–Crippen LogP) is 1.67. The number of ether oxygens (including phenoxy) is 2. The average Bonchev–Trinajstić information content (AvgIpc) is 2.80. The monoisotopic (exact) mass is 256 g/mol. The van der Waals surface area contributed by atoms with Gasteiger partial charge in [0, 0.05) is 12.1 Å². The Labute approximate surface area is 109 Å². The Kier molecular flexibility index (Phi) is 1.98. The van der Waals surface area contributed by atoms with E-state index in [-0.39, 0.29) is 0 Å². The van der Waals surface area contributed by atoms with Crippen molar-refractivity contribution in [2.24, 2.45) is 0 Å². The molecule has 1 aliphatic rings. The molecule has 0 saturated carbocycles. The molecule has 6 nitrogen and oxygen atoms in total. The highest BCUT2D eigenvalue weighted by atomic mass is 16.6. The fraction of sp³-hybridized carbons (Fsp3) is 0.308. The number of aryl methyl sites for hydroxylation is 2. The van der Waals surface area contributed by atoms with Gasteiger partial charge in [-0.05, 0) is 13.8 Å². The highest BCUT2D eigenvalue weighted by Gasteiger charge is 2.17. The summed E-state index contributed by atoms with van der Waals surface area (Å²) in [4.78, 5) is 4.57. The largest absolute Gasteiger partial charge is 0.486 e. The molecular formula is C13H12N4O2. The number of rotatable bonds is 0. The first-order valence-corrected chi connectivity index (χ1v) is 6.16. The molecular weight excluding hydrogens is 244 g/mol. The van der Waals surface area contributed by atoms with Gasteiger partial charge in [0.2, 0.25) is 0 Å². The van der Waals surface area contributed by atoms with Crippen molar-refractivity contribution in [3.63, 3.8) is 0 Å². The Hall–Kier alpha value is -2.37. The number of benzene rings is 1. The van der Waals surface area contributed by atoms with E-state index in [0.717, 1.165) is 39.7 Å². The van der Waals surface area contributed by atoms with Gasteiger partial charge < -0.3 is 9.47 Å². The standard InChI is InChI=1S/C13H12N4O2/c1-7-13-16-15-8(2)17(13)10-6-12-11(5-9(10)14-7)18-3-4-19-12/h5-6H,3-4H2,1-2H3. The Morgan fingerprint density at radius 3 is 2.58 bits per heavy atom. The molecule has 0 N–H and O–H groups in total. The molecule has 0 aliphatic carbocycles. The lowest BCUT2D eigenvalue weighted by Crippen LogP contribution is -2.15. The van der Waals surface area contributed by atoms with Gasteiger partial charge in [0.1, 0.15) is 19.0 Å². The zero-order valence-electron chi connectivity index (χ0n) is 10.7. The van der Waals surface area contributed by atoms with Gasteiger partial charge in [-0.3, -0.25) is 4.40 Å². The van der Waals surface area contributed by atoms with Crippen molar-refractivity contribution in [1.29, 1.82) is 0 Å². The van der Waals surface area contributed by atoms with E-state index < -0.39 is 0 Å². The Bertz CT molecular complexity index is 809. The SMILES string of the molecule is Cc1nc2cc3c(cc2n2c(C)nnc12)OCCO3. The van der Waals surface area contributed by atoms with Crippen LogP contribution in [0.4, 0.5) is 0 Å². The number of hydrogen-bond acceptors (Lipinski definition) is 5. The third-order valence-corrected chi connectivity index (χ3v) is 3.32. The molecule has 19 heavy (non-hydrogen) atoms. The van der Waals surface area contributed by atoms with E-state index in [2.05, 4.69) is 15.2 Å². The van der Waals surface area contributed by atoms with Crippen molar-refractivity contribution in [3.05, 3.63) is 23.7 Å². The van der Waals surface area contributed by atoms with Crippen LogP contribution in [0.3, 0.4) is 0 Å². The van der Waals surface area contributed by atoms with Gasteiger partial charge >= 0.3 is 0 Å². The summed E-state index contributed by atoms with van der Waals surface area (Å²) in [6.45, 7) is 5.00. The topological polar surface area (TPSA) is 61.5 Å². The van der Waals surface area contributed by atoms with Crippen LogP contribution in [-0.4, -0.2) is 32.8 Å². The summed E-state index contributed by atoms with van der Waals surface area (Å²) in [5.41, 5.74) is 3.43. The van der Waals surface area contributed by atoms with Crippen molar-refractivity contribution in [1.82, 2.24) is 19.6 Å². The average molecular weight is 256 g/mol. The minimum absolute atomic E-state index is 0.572. The molecule has 0 bridgehead atoms. The van der Waals surface area contributed by atoms with Crippen molar-refractivity contribution >= 4 is 16.7 Å². The fourth-order valence-electron chi connectivity index (χ4n) is 2.45. The van der Waals surface area contributed by atoms with Crippen LogP contribution in [-0.2, 0) is 0 Å². The summed E-state index contributed by atoms with van der Waals surface area (Å²) >= 11 is 0. The van der Waals surface area contributed by atoms with Crippen LogP contribution in [0.2, 0.25) is 0 Å². The van der Waals surface area contributed by atoms with Gasteiger partial charge in [0.15, 0.2) is 17.1 Å². The van der Waals surface area contributed by atoms with Crippen molar-refractivity contribution in [2.75, 3.05) is 13.2 Å². The zero-order chi connectivity index (χ0) is 13.0. The summed E-state index contributed by atoms with van der Waals surface area (Å²) in [5, 5.41) is 8.28. The maximum atomic E-state index is 5.62. The summed E-state index contributed by atoms with van der Waals surface area (Å²) < 4.78 is 13.2. The molecule has 1 aromatic carbocycles. The summed E-state index contributed by atoms with van der Waals surface area (Å²) in [5.74, 6) is 2.33. The zero-order valence-corrected chi connectivity index (χ0v) is 10.7. The third kappa shape index (κ3) is 1.39. The molecule has 0 saturated heterocycles. The summed E-state index contributed by atoms with van der Waals surface area (Å²) in [6.07, 6.45) is 0. The Balaban J connectivity index is 2.17. The maximum absolute atomic E-state index is 5.62. The highest BCUT2D eigenvalue weighted by molar-refractivity contribution is 5.82. The first-order chi connectivity index (χ1) is 9.24. The Morgan fingerprint density at radius 1 is 1.05 bits per heavy atom. The van der Waals surface area contributed by atoms with E-state index in [0.29, 0.717) is 13.2 Å². The number of nitrogens with zero attached hydrogens (tertiary/aromatic N) is 4. The minimum atomic E-state index is 0.572. The maximum Gasteiger partial charge on any atom is 0.182 e. The molecule has 0 fully saturated rings. The molecule has 6 heteroatoms. The Morgan fingerprint density at radius 2 is 1.79 bits per heavy atom. The molecule has 0 spiro atoms. The predicted molar refractivity (Wildman–Crippen MR) is 68.8 cm³/mol. The summed E-state index contributed by atoms with van der Waals surface area (Å²) in [7, 11) is 0. The van der Waals surface area contributed by atoms with Crippen molar-refractivity contribution in [2.45, 2.75) is 13.8 Å².